The second kappa shape index (κ2) is 5.36. The highest BCUT2D eigenvalue weighted by Crippen LogP contribution is 2.31. The van der Waals surface area contributed by atoms with Crippen molar-refractivity contribution < 1.29 is 14.7 Å². The Bertz CT molecular complexity index is 581. The number of alkyl halides is 1. The zero-order chi connectivity index (χ0) is 14.0. The first-order chi connectivity index (χ1) is 8.94. The number of rotatable bonds is 3. The fourth-order valence-corrected chi connectivity index (χ4v) is 3.04. The van der Waals surface area contributed by atoms with Crippen LogP contribution in [-0.2, 0) is 4.79 Å². The summed E-state index contributed by atoms with van der Waals surface area (Å²) in [4.78, 5) is 22.0. The monoisotopic (exact) mass is 317 g/mol. The van der Waals surface area contributed by atoms with E-state index in [1.807, 2.05) is 0 Å². The summed E-state index contributed by atoms with van der Waals surface area (Å²) in [5.41, 5.74) is 0. The molecule has 0 aromatic carbocycles. The van der Waals surface area contributed by atoms with Gasteiger partial charge in [0.1, 0.15) is 10.8 Å². The van der Waals surface area contributed by atoms with Crippen LogP contribution in [0.2, 0.25) is 5.02 Å². The summed E-state index contributed by atoms with van der Waals surface area (Å²) in [7, 11) is 0. The molecule has 4 nitrogen and oxygen atoms in total. The molecule has 0 saturated heterocycles. The van der Waals surface area contributed by atoms with Crippen molar-refractivity contribution in [1.29, 1.82) is 0 Å². The lowest BCUT2D eigenvalue weighted by atomic mass is 9.94. The molecule has 2 unspecified atom stereocenters. The summed E-state index contributed by atoms with van der Waals surface area (Å²) < 4.78 is 0. The Balaban J connectivity index is 2.24. The molecule has 1 aromatic heterocycles. The molecule has 0 bridgehead atoms. The molecule has 7 heteroatoms. The fraction of sp³-hybridized carbons (Fsp3) is 0.167. The van der Waals surface area contributed by atoms with Gasteiger partial charge in [-0.15, -0.1) is 11.3 Å². The quantitative estimate of drug-likeness (QED) is 0.665. The first kappa shape index (κ1) is 14.1. The van der Waals surface area contributed by atoms with Crippen molar-refractivity contribution in [3.05, 3.63) is 45.7 Å². The number of nitrogens with one attached hydrogen (secondary N) is 1. The van der Waals surface area contributed by atoms with Crippen LogP contribution in [0.4, 0.5) is 0 Å². The lowest BCUT2D eigenvalue weighted by Crippen LogP contribution is -2.50. The highest BCUT2D eigenvalue weighted by atomic mass is 35.5. The van der Waals surface area contributed by atoms with Crippen molar-refractivity contribution in [3.63, 3.8) is 0 Å². The smallest absolute Gasteiger partial charge is 0.314 e. The van der Waals surface area contributed by atoms with Crippen LogP contribution >= 0.6 is 34.5 Å². The molecule has 0 aliphatic heterocycles. The lowest BCUT2D eigenvalue weighted by molar-refractivity contribution is -0.140. The van der Waals surface area contributed by atoms with E-state index in [1.54, 1.807) is 23.6 Å². The van der Waals surface area contributed by atoms with Gasteiger partial charge in [-0.25, -0.2) is 0 Å². The van der Waals surface area contributed by atoms with Gasteiger partial charge in [-0.1, -0.05) is 41.4 Å². The van der Waals surface area contributed by atoms with Crippen molar-refractivity contribution in [2.24, 2.45) is 5.92 Å². The molecule has 1 heterocycles. The molecule has 0 spiro atoms. The minimum absolute atomic E-state index is 0.300. The summed E-state index contributed by atoms with van der Waals surface area (Å²) >= 11 is 13.2. The van der Waals surface area contributed by atoms with Crippen LogP contribution in [0.1, 0.15) is 9.67 Å². The maximum absolute atomic E-state index is 12.0. The van der Waals surface area contributed by atoms with Crippen LogP contribution in [0, 0.1) is 5.92 Å². The maximum Gasteiger partial charge on any atom is 0.314 e. The second-order valence-corrected chi connectivity index (χ2v) is 5.83. The number of hydrogen-bond donors (Lipinski definition) is 2. The number of aliphatic carboxylic acids is 1. The van der Waals surface area contributed by atoms with Gasteiger partial charge < -0.3 is 10.4 Å². The predicted molar refractivity (Wildman–Crippen MR) is 74.8 cm³/mol. The van der Waals surface area contributed by atoms with Gasteiger partial charge in [0.25, 0.3) is 5.91 Å². The molecular weight excluding hydrogens is 309 g/mol. The summed E-state index contributed by atoms with van der Waals surface area (Å²) in [6.45, 7) is 0. The Morgan fingerprint density at radius 3 is 2.74 bits per heavy atom. The average molecular weight is 318 g/mol. The van der Waals surface area contributed by atoms with Gasteiger partial charge in [-0.2, -0.15) is 0 Å². The zero-order valence-electron chi connectivity index (χ0n) is 9.47. The third-order valence-corrected chi connectivity index (χ3v) is 4.40. The molecule has 2 rings (SSSR count). The molecule has 1 amide bonds. The summed E-state index contributed by atoms with van der Waals surface area (Å²) in [5.74, 6) is -2.66. The van der Waals surface area contributed by atoms with Gasteiger partial charge in [-0.05, 0) is 17.5 Å². The molecule has 100 valence electrons. The minimum atomic E-state index is -1.50. The van der Waals surface area contributed by atoms with E-state index in [0.717, 1.165) is 11.3 Å². The third kappa shape index (κ3) is 2.83. The van der Waals surface area contributed by atoms with E-state index < -0.39 is 22.8 Å². The van der Waals surface area contributed by atoms with E-state index in [1.165, 1.54) is 12.2 Å². The van der Waals surface area contributed by atoms with Crippen molar-refractivity contribution >= 4 is 46.4 Å². The number of hydrogen-bond acceptors (Lipinski definition) is 3. The van der Waals surface area contributed by atoms with Crippen molar-refractivity contribution in [1.82, 2.24) is 5.32 Å². The normalized spacial score (nSPS) is 25.3. The largest absolute Gasteiger partial charge is 0.481 e. The van der Waals surface area contributed by atoms with Crippen LogP contribution in [0.5, 0.6) is 0 Å². The number of carboxylic acid groups (broad SMARTS) is 1. The number of carboxylic acids is 1. The minimum Gasteiger partial charge on any atom is -0.481 e. The highest BCUT2D eigenvalue weighted by Gasteiger charge is 2.41. The van der Waals surface area contributed by atoms with Gasteiger partial charge >= 0.3 is 5.97 Å². The number of halogens is 2. The Morgan fingerprint density at radius 1 is 1.42 bits per heavy atom. The van der Waals surface area contributed by atoms with Crippen LogP contribution in [0.15, 0.2) is 35.8 Å². The van der Waals surface area contributed by atoms with Crippen LogP contribution < -0.4 is 5.32 Å². The molecule has 2 atom stereocenters. The van der Waals surface area contributed by atoms with E-state index >= 15 is 0 Å². The number of carbonyl (C=O) groups excluding carboxylic acids is 1. The summed E-state index contributed by atoms with van der Waals surface area (Å²) in [6.07, 6.45) is 6.02. The Hall–Kier alpha value is -1.30. The van der Waals surface area contributed by atoms with E-state index in [2.05, 4.69) is 5.32 Å². The van der Waals surface area contributed by atoms with Crippen molar-refractivity contribution in [2.75, 3.05) is 0 Å². The number of allylic oxidation sites excluding steroid dienone is 2. The van der Waals surface area contributed by atoms with Crippen LogP contribution in [0.3, 0.4) is 0 Å². The van der Waals surface area contributed by atoms with E-state index in [4.69, 9.17) is 28.3 Å². The van der Waals surface area contributed by atoms with Crippen molar-refractivity contribution in [2.45, 2.75) is 5.00 Å². The maximum atomic E-state index is 12.0. The molecule has 2 N–H and O–H groups in total. The predicted octanol–water partition coefficient (Wildman–Crippen LogP) is 2.89. The summed E-state index contributed by atoms with van der Waals surface area (Å²) in [5, 5.41) is 13.6. The first-order valence-electron chi connectivity index (χ1n) is 5.27. The molecule has 1 aliphatic rings. The summed E-state index contributed by atoms with van der Waals surface area (Å²) in [6, 6.07) is 1.59. The molecular formula is C12H9Cl2NO3S. The number of amides is 1. The Kier molecular flexibility index (Phi) is 3.99. The van der Waals surface area contributed by atoms with Crippen molar-refractivity contribution in [3.8, 4) is 0 Å². The number of thiophene rings is 1. The second-order valence-electron chi connectivity index (χ2n) is 3.88. The molecule has 0 fully saturated rings. The SMILES string of the molecule is O=C(NC1(Cl)C=CC=CC1C(=O)O)c1sccc1Cl. The van der Waals surface area contributed by atoms with E-state index in [-0.39, 0.29) is 0 Å². The standard InChI is InChI=1S/C12H9Cl2NO3S/c13-8-4-6-19-9(8)10(16)15-12(14)5-2-1-3-7(12)11(17)18/h1-7H,(H,15,16)(H,17,18). The molecule has 1 aliphatic carbocycles. The third-order valence-electron chi connectivity index (χ3n) is 2.60. The lowest BCUT2D eigenvalue weighted by Gasteiger charge is -2.30. The highest BCUT2D eigenvalue weighted by molar-refractivity contribution is 7.12. The topological polar surface area (TPSA) is 66.4 Å². The number of carbonyl (C=O) groups is 2. The van der Waals surface area contributed by atoms with E-state index in [9.17, 15) is 9.59 Å². The van der Waals surface area contributed by atoms with Crippen LogP contribution in [0.25, 0.3) is 0 Å². The van der Waals surface area contributed by atoms with Gasteiger partial charge in [0, 0.05) is 0 Å². The first-order valence-corrected chi connectivity index (χ1v) is 6.91. The fourth-order valence-electron chi connectivity index (χ4n) is 1.68. The van der Waals surface area contributed by atoms with Gasteiger partial charge in [-0.3, -0.25) is 9.59 Å². The molecule has 19 heavy (non-hydrogen) atoms. The molecule has 0 saturated carbocycles. The van der Waals surface area contributed by atoms with Gasteiger partial charge in [0.2, 0.25) is 0 Å². The van der Waals surface area contributed by atoms with E-state index in [0.29, 0.717) is 9.90 Å². The zero-order valence-corrected chi connectivity index (χ0v) is 11.8. The molecule has 1 aromatic rings. The van der Waals surface area contributed by atoms with Crippen LogP contribution in [-0.4, -0.2) is 22.0 Å². The van der Waals surface area contributed by atoms with Gasteiger partial charge in [0.15, 0.2) is 5.00 Å². The Labute approximate surface area is 123 Å². The molecule has 0 radical (unpaired) electrons. The van der Waals surface area contributed by atoms with Gasteiger partial charge in [0.05, 0.1) is 5.02 Å². The average Bonchev–Trinajstić information content (AvgIpc) is 2.75. The Morgan fingerprint density at radius 2 is 2.16 bits per heavy atom.